The Morgan fingerprint density at radius 1 is 1.03 bits per heavy atom. The summed E-state index contributed by atoms with van der Waals surface area (Å²) in [6, 6.07) is 18.1. The smallest absolute Gasteiger partial charge is 0.233 e. The Morgan fingerprint density at radius 2 is 1.75 bits per heavy atom. The van der Waals surface area contributed by atoms with Gasteiger partial charge in [-0.2, -0.15) is 0 Å². The average Bonchev–Trinajstić information content (AvgIpc) is 3.29. The molecule has 0 radical (unpaired) electrons. The normalized spacial score (nSPS) is 27.3. The number of benzene rings is 2. The molecule has 0 aliphatic carbocycles. The van der Waals surface area contributed by atoms with Gasteiger partial charge in [0.2, 0.25) is 5.91 Å². The highest BCUT2D eigenvalue weighted by Gasteiger charge is 2.57. The second-order valence-corrected chi connectivity index (χ2v) is 11.0. The van der Waals surface area contributed by atoms with Crippen LogP contribution >= 0.6 is 0 Å². The predicted octanol–water partition coefficient (Wildman–Crippen LogP) is -3.28. The molecule has 2 saturated heterocycles. The minimum Gasteiger partial charge on any atom is -1.00 e. The number of fused-ring (bicyclic) bond motifs is 2. The highest BCUT2D eigenvalue weighted by molar-refractivity contribution is 5.82. The van der Waals surface area contributed by atoms with E-state index in [0.717, 1.165) is 58.4 Å². The minimum absolute atomic E-state index is 0. The molecular formula is C30H43Cl2N3O. The van der Waals surface area contributed by atoms with E-state index in [1.165, 1.54) is 22.3 Å². The molecule has 2 aromatic carbocycles. The number of aryl methyl sites for hydroxylation is 1. The molecule has 0 bridgehead atoms. The van der Waals surface area contributed by atoms with Crippen LogP contribution in [-0.4, -0.2) is 43.0 Å². The van der Waals surface area contributed by atoms with E-state index in [2.05, 4.69) is 84.8 Å². The summed E-state index contributed by atoms with van der Waals surface area (Å²) in [6.07, 6.45) is 4.47. The molecule has 0 aromatic heterocycles. The zero-order valence-corrected chi connectivity index (χ0v) is 23.6. The Bertz CT molecular complexity index is 1010. The second kappa shape index (κ2) is 12.3. The molecule has 2 aromatic rings. The van der Waals surface area contributed by atoms with Gasteiger partial charge in [0.1, 0.15) is 17.9 Å². The summed E-state index contributed by atoms with van der Waals surface area (Å²) >= 11 is 0. The van der Waals surface area contributed by atoms with Gasteiger partial charge >= 0.3 is 0 Å². The van der Waals surface area contributed by atoms with Gasteiger partial charge in [-0.3, -0.25) is 4.79 Å². The maximum Gasteiger partial charge on any atom is 0.233 e. The van der Waals surface area contributed by atoms with Crippen LogP contribution in [0.4, 0.5) is 0 Å². The number of carbonyl (C=O) groups excluding carboxylic acids is 1. The first-order chi connectivity index (χ1) is 16.6. The van der Waals surface area contributed by atoms with Gasteiger partial charge in [0, 0.05) is 18.2 Å². The summed E-state index contributed by atoms with van der Waals surface area (Å²) < 4.78 is 0. The van der Waals surface area contributed by atoms with Gasteiger partial charge in [-0.05, 0) is 48.3 Å². The Kier molecular flexibility index (Phi) is 9.90. The van der Waals surface area contributed by atoms with E-state index in [0.29, 0.717) is 23.8 Å². The maximum atomic E-state index is 14.5. The summed E-state index contributed by atoms with van der Waals surface area (Å²) in [6.45, 7) is 11.8. The molecule has 2 fully saturated rings. The lowest BCUT2D eigenvalue weighted by molar-refractivity contribution is -0.691. The third kappa shape index (κ3) is 5.07. The molecule has 4 N–H and O–H groups in total. The van der Waals surface area contributed by atoms with Gasteiger partial charge in [-0.25, -0.2) is 0 Å². The lowest BCUT2D eigenvalue weighted by Crippen LogP contribution is -3.00. The molecular weight excluding hydrogens is 489 g/mol. The highest BCUT2D eigenvalue weighted by atomic mass is 35.5. The molecule has 1 amide bonds. The molecule has 6 heteroatoms. The molecule has 3 heterocycles. The first-order valence-corrected chi connectivity index (χ1v) is 13.7. The summed E-state index contributed by atoms with van der Waals surface area (Å²) in [7, 11) is 0. The number of piperidine rings is 1. The van der Waals surface area contributed by atoms with Crippen LogP contribution in [0.25, 0.3) is 0 Å². The van der Waals surface area contributed by atoms with E-state index >= 15 is 0 Å². The van der Waals surface area contributed by atoms with Gasteiger partial charge in [0.25, 0.3) is 0 Å². The molecule has 4 nitrogen and oxygen atoms in total. The predicted molar refractivity (Wildman–Crippen MR) is 136 cm³/mol. The third-order valence-electron chi connectivity index (χ3n) is 9.47. The van der Waals surface area contributed by atoms with Crippen molar-refractivity contribution >= 4 is 5.91 Å². The van der Waals surface area contributed by atoms with E-state index in [-0.39, 0.29) is 36.1 Å². The van der Waals surface area contributed by atoms with Crippen molar-refractivity contribution in [1.82, 2.24) is 4.90 Å². The van der Waals surface area contributed by atoms with E-state index < -0.39 is 0 Å². The maximum absolute atomic E-state index is 14.5. The van der Waals surface area contributed by atoms with Crippen molar-refractivity contribution in [3.05, 3.63) is 70.8 Å². The molecule has 0 unspecified atom stereocenters. The van der Waals surface area contributed by atoms with Gasteiger partial charge in [0.05, 0.1) is 19.6 Å². The van der Waals surface area contributed by atoms with Crippen LogP contribution in [0.2, 0.25) is 0 Å². The van der Waals surface area contributed by atoms with Gasteiger partial charge in [-0.1, -0.05) is 75.2 Å². The number of nitrogens with zero attached hydrogens (tertiary/aromatic N) is 1. The molecule has 0 saturated carbocycles. The monoisotopic (exact) mass is 531 g/mol. The van der Waals surface area contributed by atoms with Crippen LogP contribution in [0, 0.1) is 18.8 Å². The Hall–Kier alpha value is -1.59. The SMILES string of the molecule is CCC(CC)[C@@H]1C[C@H](c2ccccc2)CCN1C(=O)[C@@H]1C[NH2+]C[C@]12C[NH2+]Cc1c(C)cccc12.[Cl-].[Cl-]. The first kappa shape index (κ1) is 29.0. The molecule has 198 valence electrons. The standard InChI is InChI=1S/C30H41N3O.2ClH/c1-4-22(5-2)28-16-24(23-11-7-6-8-12-23)14-15-33(28)29(34)27-18-32-20-30(27)19-31-17-25-21(3)10-9-13-26(25)30;;/h6-13,22,24,27-28,31-32H,4-5,14-20H2,1-3H3;2*1H/t24-,27+,28+,30+;;/m1../s1. The van der Waals surface area contributed by atoms with Crippen molar-refractivity contribution in [3.8, 4) is 0 Å². The quantitative estimate of drug-likeness (QED) is 0.417. The van der Waals surface area contributed by atoms with Crippen molar-refractivity contribution in [2.24, 2.45) is 11.8 Å². The summed E-state index contributed by atoms with van der Waals surface area (Å²) in [4.78, 5) is 16.8. The lowest BCUT2D eigenvalue weighted by Gasteiger charge is -2.46. The second-order valence-electron chi connectivity index (χ2n) is 11.0. The number of carbonyl (C=O) groups is 1. The van der Waals surface area contributed by atoms with E-state index in [9.17, 15) is 4.79 Å². The van der Waals surface area contributed by atoms with E-state index in [1.54, 1.807) is 0 Å². The van der Waals surface area contributed by atoms with Crippen LogP contribution in [0.5, 0.6) is 0 Å². The summed E-state index contributed by atoms with van der Waals surface area (Å²) in [5.74, 6) is 1.64. The van der Waals surface area contributed by atoms with E-state index in [4.69, 9.17) is 0 Å². The number of rotatable bonds is 5. The van der Waals surface area contributed by atoms with Crippen molar-refractivity contribution in [2.75, 3.05) is 26.2 Å². The Morgan fingerprint density at radius 3 is 2.47 bits per heavy atom. The Balaban J connectivity index is 0.00000180. The molecule has 5 rings (SSSR count). The topological polar surface area (TPSA) is 53.5 Å². The molecule has 3 aliphatic rings. The van der Waals surface area contributed by atoms with Crippen molar-refractivity contribution in [1.29, 1.82) is 0 Å². The van der Waals surface area contributed by atoms with Gasteiger partial charge in [-0.15, -0.1) is 0 Å². The number of hydrogen-bond acceptors (Lipinski definition) is 1. The highest BCUT2D eigenvalue weighted by Crippen LogP contribution is 2.41. The fourth-order valence-corrected chi connectivity index (χ4v) is 7.54. The van der Waals surface area contributed by atoms with Crippen molar-refractivity contribution in [3.63, 3.8) is 0 Å². The zero-order chi connectivity index (χ0) is 23.7. The average molecular weight is 533 g/mol. The lowest BCUT2D eigenvalue weighted by atomic mass is 9.67. The van der Waals surface area contributed by atoms with Crippen LogP contribution in [0.15, 0.2) is 48.5 Å². The number of nitrogens with two attached hydrogens (primary N) is 2. The first-order valence-electron chi connectivity index (χ1n) is 13.7. The van der Waals surface area contributed by atoms with E-state index in [1.807, 2.05) is 0 Å². The fourth-order valence-electron chi connectivity index (χ4n) is 7.54. The molecule has 4 atom stereocenters. The number of hydrogen-bond donors (Lipinski definition) is 2. The summed E-state index contributed by atoms with van der Waals surface area (Å²) in [5, 5.41) is 4.87. The van der Waals surface area contributed by atoms with Crippen LogP contribution in [0.1, 0.15) is 67.7 Å². The van der Waals surface area contributed by atoms with Crippen LogP contribution in [0.3, 0.4) is 0 Å². The number of amides is 1. The number of halogens is 2. The summed E-state index contributed by atoms with van der Waals surface area (Å²) in [5.41, 5.74) is 5.72. The molecule has 1 spiro atoms. The number of quaternary nitrogens is 2. The van der Waals surface area contributed by atoms with Crippen LogP contribution in [-0.2, 0) is 16.8 Å². The minimum atomic E-state index is -0.0363. The Labute approximate surface area is 229 Å². The zero-order valence-electron chi connectivity index (χ0n) is 22.1. The molecule has 36 heavy (non-hydrogen) atoms. The number of likely N-dealkylation sites (tertiary alicyclic amines) is 1. The van der Waals surface area contributed by atoms with Gasteiger partial charge in [0.15, 0.2) is 0 Å². The van der Waals surface area contributed by atoms with Crippen molar-refractivity contribution < 1.29 is 40.2 Å². The van der Waals surface area contributed by atoms with Crippen LogP contribution < -0.4 is 35.4 Å². The van der Waals surface area contributed by atoms with Crippen molar-refractivity contribution in [2.45, 2.75) is 70.4 Å². The molecule has 3 aliphatic heterocycles. The largest absolute Gasteiger partial charge is 1.00 e. The fraction of sp³-hybridized carbons (Fsp3) is 0.567. The van der Waals surface area contributed by atoms with Gasteiger partial charge < -0.3 is 40.3 Å². The third-order valence-corrected chi connectivity index (χ3v) is 9.47.